The number of nitrogens with zero attached hydrogens (tertiary/aromatic N) is 1. The number of amides is 2. The maximum atomic E-state index is 13.4. The Bertz CT molecular complexity index is 816. The first-order chi connectivity index (χ1) is 13.0. The van der Waals surface area contributed by atoms with Crippen molar-refractivity contribution in [3.8, 4) is 0 Å². The fourth-order valence-electron chi connectivity index (χ4n) is 3.14. The molecule has 7 heteroatoms. The Hall–Kier alpha value is -2.44. The van der Waals surface area contributed by atoms with Gasteiger partial charge in [-0.25, -0.2) is 4.39 Å². The second kappa shape index (κ2) is 8.97. The van der Waals surface area contributed by atoms with Crippen molar-refractivity contribution in [1.82, 2.24) is 10.2 Å². The second-order valence-electron chi connectivity index (χ2n) is 6.67. The molecule has 1 aliphatic rings. The van der Waals surface area contributed by atoms with Crippen molar-refractivity contribution in [2.24, 2.45) is 5.92 Å². The standard InChI is InChI=1S/C20H21ClFN3O2/c21-17-7-6-16(10-18(17)22)24-20(27)19(26)23-11-15-8-9-25(13-15)12-14-4-2-1-3-5-14/h1-7,10,15H,8-9,11-13H2,(H,23,26)(H,24,27)/t15-/m0/s1. The van der Waals surface area contributed by atoms with Crippen molar-refractivity contribution < 1.29 is 14.0 Å². The Balaban J connectivity index is 1.42. The second-order valence-corrected chi connectivity index (χ2v) is 7.08. The predicted octanol–water partition coefficient (Wildman–Crippen LogP) is 3.06. The minimum Gasteiger partial charge on any atom is -0.347 e. The van der Waals surface area contributed by atoms with Crippen LogP contribution in [0.2, 0.25) is 5.02 Å². The largest absolute Gasteiger partial charge is 0.347 e. The molecule has 1 atom stereocenters. The molecule has 0 radical (unpaired) electrons. The first-order valence-electron chi connectivity index (χ1n) is 8.82. The first-order valence-corrected chi connectivity index (χ1v) is 9.19. The van der Waals surface area contributed by atoms with Crippen LogP contribution >= 0.6 is 11.6 Å². The molecule has 1 heterocycles. The van der Waals surface area contributed by atoms with Gasteiger partial charge in [-0.3, -0.25) is 14.5 Å². The molecule has 0 unspecified atom stereocenters. The zero-order chi connectivity index (χ0) is 19.2. The summed E-state index contributed by atoms with van der Waals surface area (Å²) in [5.41, 5.74) is 1.45. The van der Waals surface area contributed by atoms with Gasteiger partial charge < -0.3 is 10.6 Å². The molecule has 2 N–H and O–H groups in total. The third kappa shape index (κ3) is 5.52. The van der Waals surface area contributed by atoms with Gasteiger partial charge in [0.25, 0.3) is 0 Å². The summed E-state index contributed by atoms with van der Waals surface area (Å²) in [7, 11) is 0. The highest BCUT2D eigenvalue weighted by molar-refractivity contribution is 6.39. The number of nitrogens with one attached hydrogen (secondary N) is 2. The van der Waals surface area contributed by atoms with E-state index in [1.165, 1.54) is 17.7 Å². The lowest BCUT2D eigenvalue weighted by molar-refractivity contribution is -0.136. The molecule has 5 nitrogen and oxygen atoms in total. The maximum Gasteiger partial charge on any atom is 0.313 e. The van der Waals surface area contributed by atoms with Gasteiger partial charge >= 0.3 is 11.8 Å². The average Bonchev–Trinajstić information content (AvgIpc) is 3.11. The van der Waals surface area contributed by atoms with E-state index in [-0.39, 0.29) is 10.7 Å². The third-order valence-corrected chi connectivity index (χ3v) is 4.86. The van der Waals surface area contributed by atoms with Crippen LogP contribution in [0, 0.1) is 11.7 Å². The summed E-state index contributed by atoms with van der Waals surface area (Å²) in [6.07, 6.45) is 0.969. The van der Waals surface area contributed by atoms with E-state index < -0.39 is 17.6 Å². The topological polar surface area (TPSA) is 61.4 Å². The van der Waals surface area contributed by atoms with Crippen LogP contribution in [0.5, 0.6) is 0 Å². The number of hydrogen-bond donors (Lipinski definition) is 2. The fraction of sp³-hybridized carbons (Fsp3) is 0.300. The predicted molar refractivity (Wildman–Crippen MR) is 103 cm³/mol. The van der Waals surface area contributed by atoms with Gasteiger partial charge in [-0.2, -0.15) is 0 Å². The Morgan fingerprint density at radius 2 is 1.93 bits per heavy atom. The monoisotopic (exact) mass is 389 g/mol. The molecule has 0 aliphatic carbocycles. The highest BCUT2D eigenvalue weighted by Crippen LogP contribution is 2.19. The summed E-state index contributed by atoms with van der Waals surface area (Å²) >= 11 is 5.59. The molecule has 142 valence electrons. The smallest absolute Gasteiger partial charge is 0.313 e. The van der Waals surface area contributed by atoms with Crippen LogP contribution in [0.25, 0.3) is 0 Å². The number of anilines is 1. The van der Waals surface area contributed by atoms with Gasteiger partial charge in [-0.15, -0.1) is 0 Å². The summed E-state index contributed by atoms with van der Waals surface area (Å²) in [6.45, 7) is 3.16. The third-order valence-electron chi connectivity index (χ3n) is 4.55. The molecule has 2 aromatic rings. The Kier molecular flexibility index (Phi) is 6.42. The van der Waals surface area contributed by atoms with Crippen molar-refractivity contribution in [3.05, 3.63) is 64.9 Å². The molecule has 0 spiro atoms. The Morgan fingerprint density at radius 1 is 1.15 bits per heavy atom. The lowest BCUT2D eigenvalue weighted by Gasteiger charge is -2.16. The van der Waals surface area contributed by atoms with Gasteiger partial charge in [0.1, 0.15) is 5.82 Å². The van der Waals surface area contributed by atoms with Crippen LogP contribution in [0.15, 0.2) is 48.5 Å². The van der Waals surface area contributed by atoms with Crippen molar-refractivity contribution in [1.29, 1.82) is 0 Å². The molecule has 0 aromatic heterocycles. The molecule has 0 bridgehead atoms. The summed E-state index contributed by atoms with van der Waals surface area (Å²) in [4.78, 5) is 26.2. The zero-order valence-corrected chi connectivity index (χ0v) is 15.5. The summed E-state index contributed by atoms with van der Waals surface area (Å²) in [5.74, 6) is -1.90. The van der Waals surface area contributed by atoms with E-state index in [0.717, 1.165) is 32.1 Å². The molecular weight excluding hydrogens is 369 g/mol. The summed E-state index contributed by atoms with van der Waals surface area (Å²) < 4.78 is 13.4. The molecule has 2 aromatic carbocycles. The normalized spacial score (nSPS) is 16.9. The van der Waals surface area contributed by atoms with Crippen LogP contribution in [-0.2, 0) is 16.1 Å². The van der Waals surface area contributed by atoms with Gasteiger partial charge in [0.15, 0.2) is 0 Å². The maximum absolute atomic E-state index is 13.4. The number of likely N-dealkylation sites (tertiary alicyclic amines) is 1. The molecule has 3 rings (SSSR count). The van der Waals surface area contributed by atoms with Crippen LogP contribution in [0.3, 0.4) is 0 Å². The first kappa shape index (κ1) is 19.3. The molecule has 1 fully saturated rings. The van der Waals surface area contributed by atoms with Crippen LogP contribution < -0.4 is 10.6 Å². The average molecular weight is 390 g/mol. The lowest BCUT2D eigenvalue weighted by atomic mass is 10.1. The summed E-state index contributed by atoms with van der Waals surface area (Å²) in [6, 6.07) is 14.1. The number of carbonyl (C=O) groups excluding carboxylic acids is 2. The van der Waals surface area contributed by atoms with Gasteiger partial charge in [-0.05, 0) is 42.6 Å². The molecule has 1 saturated heterocycles. The van der Waals surface area contributed by atoms with Crippen LogP contribution in [0.4, 0.5) is 10.1 Å². The van der Waals surface area contributed by atoms with Crippen molar-refractivity contribution >= 4 is 29.1 Å². The number of carbonyl (C=O) groups is 2. The van der Waals surface area contributed by atoms with Crippen molar-refractivity contribution in [2.75, 3.05) is 25.0 Å². The van der Waals surface area contributed by atoms with E-state index >= 15 is 0 Å². The van der Waals surface area contributed by atoms with Crippen molar-refractivity contribution in [3.63, 3.8) is 0 Å². The molecule has 1 aliphatic heterocycles. The lowest BCUT2D eigenvalue weighted by Crippen LogP contribution is -2.38. The minimum absolute atomic E-state index is 0.0428. The number of halogens is 2. The molecule has 2 amide bonds. The Morgan fingerprint density at radius 3 is 2.67 bits per heavy atom. The number of hydrogen-bond acceptors (Lipinski definition) is 3. The Labute approximate surface area is 162 Å². The van der Waals surface area contributed by atoms with Gasteiger partial charge in [0, 0.05) is 25.3 Å². The molecular formula is C20H21ClFN3O2. The van der Waals surface area contributed by atoms with Crippen LogP contribution in [-0.4, -0.2) is 36.3 Å². The van der Waals surface area contributed by atoms with Gasteiger partial charge in [0.05, 0.1) is 5.02 Å². The van der Waals surface area contributed by atoms with E-state index in [1.54, 1.807) is 0 Å². The highest BCUT2D eigenvalue weighted by Gasteiger charge is 2.24. The fourth-order valence-corrected chi connectivity index (χ4v) is 3.26. The van der Waals surface area contributed by atoms with E-state index in [1.807, 2.05) is 18.2 Å². The molecule has 0 saturated carbocycles. The van der Waals surface area contributed by atoms with Gasteiger partial charge in [-0.1, -0.05) is 41.9 Å². The zero-order valence-electron chi connectivity index (χ0n) is 14.8. The van der Waals surface area contributed by atoms with E-state index in [2.05, 4.69) is 27.7 Å². The van der Waals surface area contributed by atoms with E-state index in [4.69, 9.17) is 11.6 Å². The summed E-state index contributed by atoms with van der Waals surface area (Å²) in [5, 5.41) is 4.98. The van der Waals surface area contributed by atoms with Crippen LogP contribution in [0.1, 0.15) is 12.0 Å². The van der Waals surface area contributed by atoms with E-state index in [0.29, 0.717) is 12.5 Å². The minimum atomic E-state index is -0.823. The molecule has 27 heavy (non-hydrogen) atoms. The number of benzene rings is 2. The quantitative estimate of drug-likeness (QED) is 0.773. The van der Waals surface area contributed by atoms with Crippen molar-refractivity contribution in [2.45, 2.75) is 13.0 Å². The number of rotatable bonds is 5. The van der Waals surface area contributed by atoms with Gasteiger partial charge in [0.2, 0.25) is 0 Å². The van der Waals surface area contributed by atoms with E-state index in [9.17, 15) is 14.0 Å². The SMILES string of the molecule is O=C(NC[C@@H]1CCN(Cc2ccccc2)C1)C(=O)Nc1ccc(Cl)c(F)c1. The highest BCUT2D eigenvalue weighted by atomic mass is 35.5.